The third-order valence-corrected chi connectivity index (χ3v) is 5.96. The summed E-state index contributed by atoms with van der Waals surface area (Å²) in [5.41, 5.74) is 3.28. The lowest BCUT2D eigenvalue weighted by Gasteiger charge is -2.12. The summed E-state index contributed by atoms with van der Waals surface area (Å²) >= 11 is 1.56. The number of rotatable bonds is 3. The molecule has 136 valence electrons. The fourth-order valence-electron chi connectivity index (χ4n) is 3.35. The van der Waals surface area contributed by atoms with Gasteiger partial charge >= 0.3 is 0 Å². The largest absolute Gasteiger partial charge is 0.324 e. The molecule has 6 heteroatoms. The molecule has 1 amide bonds. The Labute approximate surface area is 160 Å². The number of benzene rings is 2. The van der Waals surface area contributed by atoms with Crippen molar-refractivity contribution < 1.29 is 4.79 Å². The van der Waals surface area contributed by atoms with Crippen molar-refractivity contribution in [1.29, 1.82) is 0 Å². The Morgan fingerprint density at radius 2 is 1.78 bits per heavy atom. The van der Waals surface area contributed by atoms with Gasteiger partial charge in [-0.1, -0.05) is 36.4 Å². The predicted octanol–water partition coefficient (Wildman–Crippen LogP) is 4.18. The van der Waals surface area contributed by atoms with Crippen molar-refractivity contribution in [2.45, 2.75) is 27.3 Å². The lowest BCUT2D eigenvalue weighted by molar-refractivity contribution is -0.117. The summed E-state index contributed by atoms with van der Waals surface area (Å²) in [6.45, 7) is 5.64. The van der Waals surface area contributed by atoms with Crippen LogP contribution in [0, 0.1) is 20.8 Å². The van der Waals surface area contributed by atoms with E-state index >= 15 is 0 Å². The highest BCUT2D eigenvalue weighted by Gasteiger charge is 2.16. The first-order chi connectivity index (χ1) is 13.0. The van der Waals surface area contributed by atoms with Crippen molar-refractivity contribution in [1.82, 2.24) is 9.78 Å². The highest BCUT2D eigenvalue weighted by atomic mass is 32.1. The van der Waals surface area contributed by atoms with Crippen LogP contribution < -0.4 is 10.9 Å². The van der Waals surface area contributed by atoms with Crippen LogP contribution in [-0.4, -0.2) is 15.7 Å². The molecule has 0 saturated carbocycles. The monoisotopic (exact) mass is 377 g/mol. The fraction of sp³-hybridized carbons (Fsp3) is 0.190. The molecule has 0 aliphatic heterocycles. The molecule has 0 fully saturated rings. The van der Waals surface area contributed by atoms with Crippen LogP contribution in [-0.2, 0) is 11.3 Å². The molecule has 1 N–H and O–H groups in total. The number of aromatic nitrogens is 2. The maximum atomic E-state index is 13.0. The van der Waals surface area contributed by atoms with E-state index in [0.717, 1.165) is 37.3 Å². The second kappa shape index (κ2) is 6.63. The smallest absolute Gasteiger partial charge is 0.276 e. The SMILES string of the molecule is Cc1cccc(C)c1NC(=O)Cn1nc(C)c2sc3ccccc3c2c1=O. The summed E-state index contributed by atoms with van der Waals surface area (Å²) < 4.78 is 3.19. The number of carbonyl (C=O) groups excluding carboxylic acids is 1. The van der Waals surface area contributed by atoms with Gasteiger partial charge in [0.1, 0.15) is 6.54 Å². The molecule has 0 spiro atoms. The van der Waals surface area contributed by atoms with Crippen LogP contribution in [0.15, 0.2) is 47.3 Å². The van der Waals surface area contributed by atoms with Gasteiger partial charge in [0.05, 0.1) is 15.8 Å². The third kappa shape index (κ3) is 3.02. The van der Waals surface area contributed by atoms with Gasteiger partial charge in [-0.2, -0.15) is 5.10 Å². The standard InChI is InChI=1S/C21H19N3O2S/c1-12-7-6-8-13(2)19(12)22-17(25)11-24-21(26)18-15-9-4-5-10-16(15)27-20(18)14(3)23-24/h4-10H,11H2,1-3H3,(H,22,25). The number of fused-ring (bicyclic) bond motifs is 3. The Balaban J connectivity index is 1.74. The molecule has 0 atom stereocenters. The van der Waals surface area contributed by atoms with E-state index in [-0.39, 0.29) is 18.0 Å². The quantitative estimate of drug-likeness (QED) is 0.583. The molecule has 4 aromatic rings. The zero-order valence-electron chi connectivity index (χ0n) is 15.4. The highest BCUT2D eigenvalue weighted by molar-refractivity contribution is 7.26. The van der Waals surface area contributed by atoms with Gasteiger partial charge in [-0.3, -0.25) is 9.59 Å². The maximum absolute atomic E-state index is 13.0. The number of para-hydroxylation sites is 1. The second-order valence-electron chi connectivity index (χ2n) is 6.67. The first kappa shape index (κ1) is 17.4. The molecule has 0 aliphatic rings. The minimum atomic E-state index is -0.264. The van der Waals surface area contributed by atoms with Gasteiger partial charge in [-0.15, -0.1) is 11.3 Å². The number of aryl methyl sites for hydroxylation is 3. The molecule has 27 heavy (non-hydrogen) atoms. The molecule has 0 radical (unpaired) electrons. The Morgan fingerprint density at radius 3 is 2.52 bits per heavy atom. The van der Waals surface area contributed by atoms with Crippen LogP contribution in [0.1, 0.15) is 16.8 Å². The van der Waals surface area contributed by atoms with Crippen LogP contribution in [0.2, 0.25) is 0 Å². The molecule has 2 aromatic heterocycles. The summed E-state index contributed by atoms with van der Waals surface area (Å²) in [5, 5.41) is 8.85. The van der Waals surface area contributed by atoms with Crippen LogP contribution in [0.25, 0.3) is 20.2 Å². The maximum Gasteiger partial charge on any atom is 0.276 e. The average Bonchev–Trinajstić information content (AvgIpc) is 3.03. The van der Waals surface area contributed by atoms with Gasteiger partial charge in [0, 0.05) is 15.8 Å². The predicted molar refractivity (Wildman–Crippen MR) is 111 cm³/mol. The summed E-state index contributed by atoms with van der Waals surface area (Å²) in [7, 11) is 0. The molecular formula is C21H19N3O2S. The molecule has 2 heterocycles. The number of nitrogens with one attached hydrogen (secondary N) is 1. The lowest BCUT2D eigenvalue weighted by atomic mass is 10.1. The topological polar surface area (TPSA) is 64.0 Å². The third-order valence-electron chi connectivity index (χ3n) is 4.68. The Hall–Kier alpha value is -2.99. The van der Waals surface area contributed by atoms with Crippen molar-refractivity contribution in [3.8, 4) is 0 Å². The number of hydrogen-bond donors (Lipinski definition) is 1. The van der Waals surface area contributed by atoms with Gasteiger partial charge < -0.3 is 5.32 Å². The molecule has 0 saturated heterocycles. The van der Waals surface area contributed by atoms with Gasteiger partial charge in [0.25, 0.3) is 5.56 Å². The van der Waals surface area contributed by atoms with Gasteiger partial charge in [0.15, 0.2) is 0 Å². The number of nitrogens with zero attached hydrogens (tertiary/aromatic N) is 2. The Kier molecular flexibility index (Phi) is 4.28. The van der Waals surface area contributed by atoms with E-state index in [1.807, 2.05) is 63.2 Å². The van der Waals surface area contributed by atoms with Crippen molar-refractivity contribution in [2.24, 2.45) is 0 Å². The normalized spacial score (nSPS) is 11.2. The van der Waals surface area contributed by atoms with E-state index in [1.165, 1.54) is 4.68 Å². The highest BCUT2D eigenvalue weighted by Crippen LogP contribution is 2.32. The minimum absolute atomic E-state index is 0.117. The number of amides is 1. The number of thiophene rings is 1. The molecule has 0 aliphatic carbocycles. The van der Waals surface area contributed by atoms with Gasteiger partial charge in [-0.05, 0) is 38.0 Å². The number of hydrogen-bond acceptors (Lipinski definition) is 4. The van der Waals surface area contributed by atoms with E-state index in [4.69, 9.17) is 0 Å². The molecule has 0 bridgehead atoms. The molecule has 0 unspecified atom stereocenters. The van der Waals surface area contributed by atoms with E-state index in [9.17, 15) is 9.59 Å². The average molecular weight is 377 g/mol. The fourth-order valence-corrected chi connectivity index (χ4v) is 4.48. The summed E-state index contributed by atoms with van der Waals surface area (Å²) in [6, 6.07) is 13.7. The van der Waals surface area contributed by atoms with Crippen LogP contribution >= 0.6 is 11.3 Å². The molecule has 5 nitrogen and oxygen atoms in total. The minimum Gasteiger partial charge on any atom is -0.324 e. The molecular weight excluding hydrogens is 358 g/mol. The zero-order valence-corrected chi connectivity index (χ0v) is 16.2. The van der Waals surface area contributed by atoms with Crippen molar-refractivity contribution in [2.75, 3.05) is 5.32 Å². The summed E-state index contributed by atoms with van der Waals surface area (Å²) in [4.78, 5) is 25.6. The lowest BCUT2D eigenvalue weighted by Crippen LogP contribution is -2.30. The van der Waals surface area contributed by atoms with Crippen molar-refractivity contribution >= 4 is 43.1 Å². The number of carbonyl (C=O) groups is 1. The van der Waals surface area contributed by atoms with Crippen LogP contribution in [0.5, 0.6) is 0 Å². The number of anilines is 1. The summed E-state index contributed by atoms with van der Waals surface area (Å²) in [6.07, 6.45) is 0. The first-order valence-corrected chi connectivity index (χ1v) is 9.52. The van der Waals surface area contributed by atoms with Crippen LogP contribution in [0.4, 0.5) is 5.69 Å². The van der Waals surface area contributed by atoms with Crippen LogP contribution in [0.3, 0.4) is 0 Å². The van der Waals surface area contributed by atoms with E-state index < -0.39 is 0 Å². The first-order valence-electron chi connectivity index (χ1n) is 8.70. The Bertz CT molecular complexity index is 1230. The molecule has 2 aromatic carbocycles. The molecule has 4 rings (SSSR count). The zero-order chi connectivity index (χ0) is 19.1. The second-order valence-corrected chi connectivity index (χ2v) is 7.72. The van der Waals surface area contributed by atoms with Crippen molar-refractivity contribution in [3.63, 3.8) is 0 Å². The van der Waals surface area contributed by atoms with E-state index in [2.05, 4.69) is 10.4 Å². The van der Waals surface area contributed by atoms with E-state index in [1.54, 1.807) is 11.3 Å². The van der Waals surface area contributed by atoms with E-state index in [0.29, 0.717) is 5.39 Å². The van der Waals surface area contributed by atoms with Crippen molar-refractivity contribution in [3.05, 3.63) is 69.6 Å². The Morgan fingerprint density at radius 1 is 1.07 bits per heavy atom. The van der Waals surface area contributed by atoms with Gasteiger partial charge in [0.2, 0.25) is 5.91 Å². The van der Waals surface area contributed by atoms with Gasteiger partial charge in [-0.25, -0.2) is 4.68 Å². The summed E-state index contributed by atoms with van der Waals surface area (Å²) in [5.74, 6) is -0.264.